The summed E-state index contributed by atoms with van der Waals surface area (Å²) in [7, 11) is 0. The second kappa shape index (κ2) is 5.41. The van der Waals surface area contributed by atoms with Crippen molar-refractivity contribution >= 4 is 11.8 Å². The average molecular weight is 302 g/mol. The van der Waals surface area contributed by atoms with E-state index in [1.54, 1.807) is 0 Å². The van der Waals surface area contributed by atoms with E-state index < -0.39 is 0 Å². The molecule has 6 nitrogen and oxygen atoms in total. The Hall–Kier alpha value is -1.85. The van der Waals surface area contributed by atoms with Crippen molar-refractivity contribution in [1.29, 1.82) is 0 Å². The van der Waals surface area contributed by atoms with Gasteiger partial charge in [-0.25, -0.2) is 0 Å². The van der Waals surface area contributed by atoms with Crippen LogP contribution in [-0.4, -0.2) is 46.5 Å². The van der Waals surface area contributed by atoms with Gasteiger partial charge < -0.3 is 10.2 Å². The summed E-state index contributed by atoms with van der Waals surface area (Å²) in [5.41, 5.74) is 3.68. The summed E-state index contributed by atoms with van der Waals surface area (Å²) < 4.78 is 0. The SMILES string of the molecule is O=C1NC[C@H]2CN(C(=O)CCc3n[nH]c4c3CCCC4)C[C@@H]12. The summed E-state index contributed by atoms with van der Waals surface area (Å²) in [4.78, 5) is 25.9. The van der Waals surface area contributed by atoms with Crippen LogP contribution in [0.25, 0.3) is 0 Å². The summed E-state index contributed by atoms with van der Waals surface area (Å²) in [6.07, 6.45) is 5.83. The molecule has 1 aromatic rings. The van der Waals surface area contributed by atoms with E-state index in [1.807, 2.05) is 4.90 Å². The number of fused-ring (bicyclic) bond motifs is 2. The van der Waals surface area contributed by atoms with Gasteiger partial charge in [-0.1, -0.05) is 0 Å². The standard InChI is InChI=1S/C16H22N4O2/c21-15(20-8-10-7-17-16(22)12(10)9-20)6-5-14-11-3-1-2-4-13(11)18-19-14/h10,12H,1-9H2,(H,17,22)(H,18,19)/t10-,12+/m0/s1. The van der Waals surface area contributed by atoms with Crippen LogP contribution in [0.3, 0.4) is 0 Å². The molecule has 0 spiro atoms. The van der Waals surface area contributed by atoms with Gasteiger partial charge in [-0.3, -0.25) is 14.7 Å². The van der Waals surface area contributed by atoms with E-state index in [0.717, 1.165) is 31.6 Å². The van der Waals surface area contributed by atoms with Gasteiger partial charge in [0.05, 0.1) is 11.6 Å². The average Bonchev–Trinajstić information content (AvgIpc) is 3.21. The molecule has 1 aromatic heterocycles. The van der Waals surface area contributed by atoms with Crippen molar-refractivity contribution in [1.82, 2.24) is 20.4 Å². The number of carbonyl (C=O) groups excluding carboxylic acids is 2. The minimum absolute atomic E-state index is 0.0158. The van der Waals surface area contributed by atoms with E-state index in [2.05, 4.69) is 15.5 Å². The summed E-state index contributed by atoms with van der Waals surface area (Å²) >= 11 is 0. The molecule has 22 heavy (non-hydrogen) atoms. The molecular formula is C16H22N4O2. The molecule has 2 fully saturated rings. The van der Waals surface area contributed by atoms with Crippen molar-refractivity contribution in [3.63, 3.8) is 0 Å². The Kier molecular flexibility index (Phi) is 3.39. The molecule has 0 saturated carbocycles. The third kappa shape index (κ3) is 2.30. The summed E-state index contributed by atoms with van der Waals surface area (Å²) in [5.74, 6) is 0.605. The van der Waals surface area contributed by atoms with Gasteiger partial charge in [0.25, 0.3) is 0 Å². The number of rotatable bonds is 3. The van der Waals surface area contributed by atoms with Crippen LogP contribution in [0.4, 0.5) is 0 Å². The lowest BCUT2D eigenvalue weighted by Gasteiger charge is -2.17. The quantitative estimate of drug-likeness (QED) is 0.850. The predicted molar refractivity (Wildman–Crippen MR) is 80.1 cm³/mol. The van der Waals surface area contributed by atoms with Crippen molar-refractivity contribution in [3.8, 4) is 0 Å². The molecule has 118 valence electrons. The number of nitrogens with zero attached hydrogens (tertiary/aromatic N) is 2. The minimum atomic E-state index is 0.0158. The van der Waals surface area contributed by atoms with Gasteiger partial charge in [-0.15, -0.1) is 0 Å². The zero-order valence-electron chi connectivity index (χ0n) is 12.7. The van der Waals surface area contributed by atoms with Gasteiger partial charge in [-0.2, -0.15) is 5.10 Å². The molecule has 2 amide bonds. The number of hydrogen-bond acceptors (Lipinski definition) is 3. The fraction of sp³-hybridized carbons (Fsp3) is 0.688. The molecule has 3 aliphatic rings. The van der Waals surface area contributed by atoms with Crippen molar-refractivity contribution in [2.75, 3.05) is 19.6 Å². The zero-order chi connectivity index (χ0) is 15.1. The van der Waals surface area contributed by atoms with Crippen LogP contribution in [0.5, 0.6) is 0 Å². The Morgan fingerprint density at radius 3 is 3.00 bits per heavy atom. The Morgan fingerprint density at radius 2 is 2.14 bits per heavy atom. The highest BCUT2D eigenvalue weighted by Crippen LogP contribution is 2.28. The Labute approximate surface area is 129 Å². The van der Waals surface area contributed by atoms with Crippen LogP contribution < -0.4 is 5.32 Å². The lowest BCUT2D eigenvalue weighted by Crippen LogP contribution is -2.33. The Morgan fingerprint density at radius 1 is 1.27 bits per heavy atom. The molecule has 3 heterocycles. The molecule has 2 N–H and O–H groups in total. The summed E-state index contributed by atoms with van der Waals surface area (Å²) in [5, 5.41) is 10.4. The van der Waals surface area contributed by atoms with Gasteiger partial charge in [-0.05, 0) is 31.2 Å². The minimum Gasteiger partial charge on any atom is -0.355 e. The third-order valence-electron chi connectivity index (χ3n) is 5.39. The van der Waals surface area contributed by atoms with Gasteiger partial charge in [0.2, 0.25) is 11.8 Å². The molecule has 0 unspecified atom stereocenters. The maximum absolute atomic E-state index is 12.4. The second-order valence-corrected chi connectivity index (χ2v) is 6.74. The molecule has 4 rings (SSSR count). The van der Waals surface area contributed by atoms with E-state index >= 15 is 0 Å². The van der Waals surface area contributed by atoms with Crippen molar-refractivity contribution < 1.29 is 9.59 Å². The summed E-state index contributed by atoms with van der Waals surface area (Å²) in [6.45, 7) is 2.04. The normalized spacial score (nSPS) is 26.7. The molecule has 0 aromatic carbocycles. The van der Waals surface area contributed by atoms with Gasteiger partial charge >= 0.3 is 0 Å². The van der Waals surface area contributed by atoms with Gasteiger partial charge in [0.15, 0.2) is 0 Å². The molecule has 2 atom stereocenters. The Balaban J connectivity index is 1.35. The molecule has 2 saturated heterocycles. The second-order valence-electron chi connectivity index (χ2n) is 6.74. The first-order valence-corrected chi connectivity index (χ1v) is 8.33. The van der Waals surface area contributed by atoms with Crippen molar-refractivity contribution in [2.45, 2.75) is 38.5 Å². The number of aromatic nitrogens is 2. The summed E-state index contributed by atoms with van der Waals surface area (Å²) in [6, 6.07) is 0. The lowest BCUT2D eigenvalue weighted by atomic mass is 9.94. The maximum Gasteiger partial charge on any atom is 0.225 e. The van der Waals surface area contributed by atoms with E-state index in [9.17, 15) is 9.59 Å². The number of amides is 2. The van der Waals surface area contributed by atoms with Gasteiger partial charge in [0.1, 0.15) is 0 Å². The zero-order valence-corrected chi connectivity index (χ0v) is 12.7. The molecule has 0 bridgehead atoms. The van der Waals surface area contributed by atoms with Gasteiger partial charge in [0, 0.05) is 44.1 Å². The monoisotopic (exact) mass is 302 g/mol. The van der Waals surface area contributed by atoms with Crippen molar-refractivity contribution in [2.24, 2.45) is 11.8 Å². The van der Waals surface area contributed by atoms with E-state index in [0.29, 0.717) is 25.3 Å². The predicted octanol–water partition coefficient (Wildman–Crippen LogP) is 0.425. The highest BCUT2D eigenvalue weighted by atomic mass is 16.2. The van der Waals surface area contributed by atoms with E-state index in [4.69, 9.17) is 0 Å². The number of likely N-dealkylation sites (tertiary alicyclic amines) is 1. The van der Waals surface area contributed by atoms with Crippen LogP contribution in [0.1, 0.15) is 36.2 Å². The largest absolute Gasteiger partial charge is 0.355 e. The first-order valence-electron chi connectivity index (χ1n) is 8.33. The number of aryl methyl sites for hydroxylation is 2. The number of hydrogen-bond donors (Lipinski definition) is 2. The highest BCUT2D eigenvalue weighted by Gasteiger charge is 2.43. The third-order valence-corrected chi connectivity index (χ3v) is 5.39. The van der Waals surface area contributed by atoms with Crippen LogP contribution in [0.2, 0.25) is 0 Å². The molecule has 6 heteroatoms. The van der Waals surface area contributed by atoms with E-state index in [-0.39, 0.29) is 17.7 Å². The maximum atomic E-state index is 12.4. The topological polar surface area (TPSA) is 78.1 Å². The van der Waals surface area contributed by atoms with Crippen molar-refractivity contribution in [3.05, 3.63) is 17.0 Å². The van der Waals surface area contributed by atoms with Crippen LogP contribution in [0.15, 0.2) is 0 Å². The molecule has 2 aliphatic heterocycles. The molecular weight excluding hydrogens is 280 g/mol. The highest BCUT2D eigenvalue weighted by molar-refractivity contribution is 5.84. The number of nitrogens with one attached hydrogen (secondary N) is 2. The number of carbonyl (C=O) groups is 2. The van der Waals surface area contributed by atoms with E-state index in [1.165, 1.54) is 24.1 Å². The smallest absolute Gasteiger partial charge is 0.225 e. The molecule has 0 radical (unpaired) electrons. The van der Waals surface area contributed by atoms with Crippen LogP contribution >= 0.6 is 0 Å². The number of aromatic amines is 1. The fourth-order valence-electron chi connectivity index (χ4n) is 4.08. The first kappa shape index (κ1) is 13.8. The lowest BCUT2D eigenvalue weighted by molar-refractivity contribution is -0.130. The Bertz CT molecular complexity index is 609. The van der Waals surface area contributed by atoms with Crippen LogP contribution in [-0.2, 0) is 28.9 Å². The first-order chi connectivity index (χ1) is 10.7. The molecule has 1 aliphatic carbocycles. The fourth-order valence-corrected chi connectivity index (χ4v) is 4.08. The van der Waals surface area contributed by atoms with Crippen LogP contribution in [0, 0.1) is 11.8 Å². The number of H-pyrrole nitrogens is 1.